The van der Waals surface area contributed by atoms with E-state index in [9.17, 15) is 9.59 Å². The summed E-state index contributed by atoms with van der Waals surface area (Å²) in [6.07, 6.45) is 4.79. The second-order valence-electron chi connectivity index (χ2n) is 7.11. The van der Waals surface area contributed by atoms with Crippen LogP contribution in [0.1, 0.15) is 49.7 Å². The van der Waals surface area contributed by atoms with Gasteiger partial charge in [0.15, 0.2) is 0 Å². The lowest BCUT2D eigenvalue weighted by molar-refractivity contribution is -0.131. The van der Waals surface area contributed by atoms with Crippen molar-refractivity contribution in [2.45, 2.75) is 38.5 Å². The van der Waals surface area contributed by atoms with Crippen molar-refractivity contribution in [3.63, 3.8) is 0 Å². The molecule has 2 atom stereocenters. The molecule has 2 heteroatoms. The first kappa shape index (κ1) is 18.1. The largest absolute Gasteiger partial charge is 0.286 e. The summed E-state index contributed by atoms with van der Waals surface area (Å²) in [5.41, 5.74) is 4.00. The van der Waals surface area contributed by atoms with Crippen LogP contribution in [0.3, 0.4) is 0 Å². The van der Waals surface area contributed by atoms with Gasteiger partial charge in [-0.2, -0.15) is 0 Å². The summed E-state index contributed by atoms with van der Waals surface area (Å²) in [6.45, 7) is 4.25. The molecule has 0 aromatic heterocycles. The Labute approximate surface area is 155 Å². The standard InChI is InChI=1S/C24H24O2/c1-17(20-9-5-3-6-10-20)13-19-15-22(24(26)23(25)16-19)14-18(2)21-11-7-4-8-12-21/h3-12,15-18H,13-14H2,1-2H3. The highest BCUT2D eigenvalue weighted by molar-refractivity contribution is 6.48. The number of allylic oxidation sites excluding steroid dienone is 4. The van der Waals surface area contributed by atoms with Gasteiger partial charge in [0.2, 0.25) is 11.6 Å². The molecule has 0 bridgehead atoms. The lowest BCUT2D eigenvalue weighted by Gasteiger charge is -2.19. The molecule has 0 fully saturated rings. The highest BCUT2D eigenvalue weighted by atomic mass is 16.2. The van der Waals surface area contributed by atoms with Crippen LogP contribution in [0.5, 0.6) is 0 Å². The predicted octanol–water partition coefficient (Wildman–Crippen LogP) is 5.38. The van der Waals surface area contributed by atoms with Crippen molar-refractivity contribution in [2.75, 3.05) is 0 Å². The third-order valence-electron chi connectivity index (χ3n) is 5.00. The molecular formula is C24H24O2. The number of hydrogen-bond donors (Lipinski definition) is 0. The molecule has 0 spiro atoms. The van der Waals surface area contributed by atoms with E-state index in [0.29, 0.717) is 17.9 Å². The van der Waals surface area contributed by atoms with Gasteiger partial charge in [-0.25, -0.2) is 0 Å². The van der Waals surface area contributed by atoms with Gasteiger partial charge in [0.25, 0.3) is 0 Å². The van der Waals surface area contributed by atoms with Crippen LogP contribution in [-0.2, 0) is 9.59 Å². The summed E-state index contributed by atoms with van der Waals surface area (Å²) in [7, 11) is 0. The van der Waals surface area contributed by atoms with Gasteiger partial charge < -0.3 is 0 Å². The third-order valence-corrected chi connectivity index (χ3v) is 5.00. The van der Waals surface area contributed by atoms with E-state index in [-0.39, 0.29) is 11.7 Å². The summed E-state index contributed by atoms with van der Waals surface area (Å²) in [5.74, 6) is -0.250. The van der Waals surface area contributed by atoms with Gasteiger partial charge in [-0.05, 0) is 47.5 Å². The van der Waals surface area contributed by atoms with E-state index in [0.717, 1.165) is 12.0 Å². The minimum atomic E-state index is -0.391. The third kappa shape index (κ3) is 4.26. The Bertz CT molecular complexity index is 844. The molecule has 0 aliphatic heterocycles. The van der Waals surface area contributed by atoms with Crippen molar-refractivity contribution in [3.05, 3.63) is 95.1 Å². The van der Waals surface area contributed by atoms with Crippen molar-refractivity contribution < 1.29 is 9.59 Å². The Balaban J connectivity index is 1.76. The van der Waals surface area contributed by atoms with Crippen LogP contribution >= 0.6 is 0 Å². The molecule has 2 nitrogen and oxygen atoms in total. The second-order valence-corrected chi connectivity index (χ2v) is 7.11. The molecule has 0 N–H and O–H groups in total. The first-order chi connectivity index (χ1) is 12.5. The summed E-state index contributed by atoms with van der Waals surface area (Å²) >= 11 is 0. The van der Waals surface area contributed by atoms with Gasteiger partial charge in [-0.15, -0.1) is 0 Å². The fourth-order valence-corrected chi connectivity index (χ4v) is 3.47. The van der Waals surface area contributed by atoms with E-state index in [1.165, 1.54) is 17.2 Å². The van der Waals surface area contributed by atoms with Gasteiger partial charge in [0, 0.05) is 5.57 Å². The summed E-state index contributed by atoms with van der Waals surface area (Å²) in [4.78, 5) is 24.5. The topological polar surface area (TPSA) is 34.1 Å². The van der Waals surface area contributed by atoms with E-state index in [1.807, 2.05) is 42.5 Å². The van der Waals surface area contributed by atoms with Gasteiger partial charge in [-0.3, -0.25) is 9.59 Å². The maximum atomic E-state index is 12.3. The number of carbonyl (C=O) groups excluding carboxylic acids is 2. The van der Waals surface area contributed by atoms with Crippen molar-refractivity contribution in [2.24, 2.45) is 0 Å². The fourth-order valence-electron chi connectivity index (χ4n) is 3.47. The molecule has 0 amide bonds. The van der Waals surface area contributed by atoms with E-state index in [1.54, 1.807) is 0 Å². The molecule has 0 heterocycles. The monoisotopic (exact) mass is 344 g/mol. The Hall–Kier alpha value is -2.74. The van der Waals surface area contributed by atoms with Crippen molar-refractivity contribution in [1.29, 1.82) is 0 Å². The Kier molecular flexibility index (Phi) is 5.62. The zero-order valence-corrected chi connectivity index (χ0v) is 15.3. The van der Waals surface area contributed by atoms with Crippen LogP contribution in [0, 0.1) is 0 Å². The average Bonchev–Trinajstić information content (AvgIpc) is 2.67. The average molecular weight is 344 g/mol. The first-order valence-corrected chi connectivity index (χ1v) is 9.14. The minimum Gasteiger partial charge on any atom is -0.286 e. The molecule has 1 aliphatic rings. The number of benzene rings is 2. The lowest BCUT2D eigenvalue weighted by Crippen LogP contribution is -2.20. The zero-order chi connectivity index (χ0) is 18.5. The van der Waals surface area contributed by atoms with E-state index in [4.69, 9.17) is 0 Å². The van der Waals surface area contributed by atoms with Gasteiger partial charge in [0.05, 0.1) is 0 Å². The predicted molar refractivity (Wildman–Crippen MR) is 105 cm³/mol. The maximum absolute atomic E-state index is 12.3. The lowest BCUT2D eigenvalue weighted by atomic mass is 9.84. The molecule has 2 aromatic carbocycles. The Morgan fingerprint density at radius 1 is 0.692 bits per heavy atom. The van der Waals surface area contributed by atoms with Crippen LogP contribution < -0.4 is 0 Å². The molecule has 2 aromatic rings. The molecule has 1 aliphatic carbocycles. The van der Waals surface area contributed by atoms with Crippen molar-refractivity contribution in [1.82, 2.24) is 0 Å². The molecule has 0 radical (unpaired) electrons. The molecule has 0 saturated heterocycles. The summed E-state index contributed by atoms with van der Waals surface area (Å²) < 4.78 is 0. The van der Waals surface area contributed by atoms with Crippen LogP contribution in [-0.4, -0.2) is 11.6 Å². The SMILES string of the molecule is CC(CC1=CC(=O)C(=O)C(CC(C)c2ccccc2)=C1)c1ccccc1. The zero-order valence-electron chi connectivity index (χ0n) is 15.3. The number of rotatable bonds is 6. The molecule has 2 unspecified atom stereocenters. The van der Waals surface area contributed by atoms with E-state index >= 15 is 0 Å². The number of Topliss-reactive ketones (excluding diaryl/α,β-unsaturated/α-hetero) is 1. The highest BCUT2D eigenvalue weighted by Crippen LogP contribution is 2.30. The Morgan fingerprint density at radius 2 is 1.19 bits per heavy atom. The number of hydrogen-bond acceptors (Lipinski definition) is 2. The van der Waals surface area contributed by atoms with Gasteiger partial charge >= 0.3 is 0 Å². The highest BCUT2D eigenvalue weighted by Gasteiger charge is 2.24. The Morgan fingerprint density at radius 3 is 1.73 bits per heavy atom. The van der Waals surface area contributed by atoms with Gasteiger partial charge in [-0.1, -0.05) is 80.6 Å². The molecule has 132 valence electrons. The van der Waals surface area contributed by atoms with Gasteiger partial charge in [0.1, 0.15) is 0 Å². The second kappa shape index (κ2) is 8.09. The van der Waals surface area contributed by atoms with Crippen molar-refractivity contribution >= 4 is 11.6 Å². The summed E-state index contributed by atoms with van der Waals surface area (Å²) in [5, 5.41) is 0. The summed E-state index contributed by atoms with van der Waals surface area (Å²) in [6, 6.07) is 20.4. The smallest absolute Gasteiger partial charge is 0.228 e. The van der Waals surface area contributed by atoms with Crippen LogP contribution in [0.15, 0.2) is 84.0 Å². The fraction of sp³-hybridized carbons (Fsp3) is 0.250. The van der Waals surface area contributed by atoms with Crippen LogP contribution in [0.2, 0.25) is 0 Å². The number of ketones is 2. The molecule has 3 rings (SSSR count). The molecule has 0 saturated carbocycles. The molecular weight excluding hydrogens is 320 g/mol. The van der Waals surface area contributed by atoms with Crippen LogP contribution in [0.4, 0.5) is 0 Å². The van der Waals surface area contributed by atoms with Crippen molar-refractivity contribution in [3.8, 4) is 0 Å². The minimum absolute atomic E-state index is 0.199. The maximum Gasteiger partial charge on any atom is 0.228 e. The normalized spacial score (nSPS) is 16.7. The van der Waals surface area contributed by atoms with Crippen LogP contribution in [0.25, 0.3) is 0 Å². The van der Waals surface area contributed by atoms with E-state index in [2.05, 4.69) is 38.1 Å². The van der Waals surface area contributed by atoms with E-state index < -0.39 is 5.78 Å². The first-order valence-electron chi connectivity index (χ1n) is 9.14. The molecule has 26 heavy (non-hydrogen) atoms. The number of carbonyl (C=O) groups is 2. The quantitative estimate of drug-likeness (QED) is 0.521.